The SMILES string of the molecule is OC(COCC(COCC(O)COC1(F)C2(F)C(F)(F)C3(F)C(F)(F)C(F)(C2(F)F)C(F)(F)C1(F)C3(F)F)(COCC(O)COC1(F)C2(F)C(F)(F)C3(F)C(F)(F)C(F)(C2(F)F)C(F)(F)C1(F)C3(F)F)COCC(O)COC1(F)C2(F)C(F)(F)C3(F)C(F)(F)C(F)(C2(F)F)C(F)(F)C1(F)C3(F)F)COC1(F)C2(F)C(F)(F)C3(F)C(F)(F)C(F)(C2(F)F)C(F)(F)C1(F)C3(F)F. The van der Waals surface area contributed by atoms with Gasteiger partial charge in [0, 0.05) is 0 Å². The predicted molar refractivity (Wildman–Crippen MR) is 269 cm³/mol. The smallest absolute Gasteiger partial charge is 0.339 e. The zero-order chi connectivity index (χ0) is 101. The molecule has 16 saturated carbocycles. The van der Waals surface area contributed by atoms with E-state index < -0.39 is 342 Å². The van der Waals surface area contributed by atoms with Gasteiger partial charge in [0.25, 0.3) is 0 Å². The van der Waals surface area contributed by atoms with Crippen molar-refractivity contribution in [1.29, 1.82) is 0 Å². The van der Waals surface area contributed by atoms with E-state index in [-0.39, 0.29) is 0 Å². The molecule has 4 atom stereocenters. The minimum Gasteiger partial charge on any atom is -0.388 e. The fourth-order valence-electron chi connectivity index (χ4n) is 19.0. The molecule has 0 aliphatic heterocycles. The van der Waals surface area contributed by atoms with E-state index in [4.69, 9.17) is 0 Å². The number of ether oxygens (including phenoxy) is 8. The van der Waals surface area contributed by atoms with E-state index >= 15 is 228 Å². The summed E-state index contributed by atoms with van der Waals surface area (Å²) in [5.74, 6) is -207. The van der Waals surface area contributed by atoms with Crippen LogP contribution in [0.4, 0.5) is 263 Å². The summed E-state index contributed by atoms with van der Waals surface area (Å²) in [4.78, 5) is 0. The summed E-state index contributed by atoms with van der Waals surface area (Å²) >= 11 is 0. The predicted octanol–water partition coefficient (Wildman–Crippen LogP) is 14.4. The number of hydrogen-bond donors (Lipinski definition) is 4. The number of halogens is 60. The fraction of sp³-hybridized carbons (Fsp3) is 1.00. The Labute approximate surface area is 663 Å². The van der Waals surface area contributed by atoms with Crippen LogP contribution in [0, 0.1) is 5.41 Å². The van der Waals surface area contributed by atoms with Gasteiger partial charge >= 0.3 is 233 Å². The van der Waals surface area contributed by atoms with Gasteiger partial charge in [-0.2, -0.15) is 176 Å². The maximum absolute atomic E-state index is 16.7. The highest BCUT2D eigenvalue weighted by atomic mass is 19.4. The van der Waals surface area contributed by atoms with Gasteiger partial charge in [-0.05, 0) is 0 Å². The molecule has 72 heteroatoms. The second kappa shape index (κ2) is 24.7. The van der Waals surface area contributed by atoms with E-state index in [9.17, 15) is 55.5 Å². The lowest BCUT2D eigenvalue weighted by molar-refractivity contribution is -0.618. The molecule has 0 aromatic heterocycles. The Morgan fingerprint density at radius 2 is 0.225 bits per heavy atom. The molecule has 0 saturated heterocycles. The molecule has 16 rings (SSSR count). The Balaban J connectivity index is 0.904. The summed E-state index contributed by atoms with van der Waals surface area (Å²) in [6, 6.07) is 0. The van der Waals surface area contributed by atoms with Crippen LogP contribution < -0.4 is 0 Å². The number of rotatable bonds is 28. The summed E-state index contributed by atoms with van der Waals surface area (Å²) in [5.41, 5.74) is -141. The molecule has 0 radical (unpaired) electrons. The van der Waals surface area contributed by atoms with Crippen LogP contribution in [0.15, 0.2) is 0 Å². The van der Waals surface area contributed by atoms with Crippen molar-refractivity contribution in [2.75, 3.05) is 79.3 Å². The largest absolute Gasteiger partial charge is 0.388 e. The Hall–Kier alpha value is -4.68. The summed E-state index contributed by atoms with van der Waals surface area (Å²) in [6.07, 6.45) is -16.6. The van der Waals surface area contributed by atoms with E-state index in [1.54, 1.807) is 0 Å². The topological polar surface area (TPSA) is 155 Å². The molecular formula is C57H32F60O12. The molecule has 4 unspecified atom stereocenters. The van der Waals surface area contributed by atoms with Crippen LogP contribution in [-0.4, -0.2) is 357 Å². The van der Waals surface area contributed by atoms with Crippen molar-refractivity contribution in [3.63, 3.8) is 0 Å². The van der Waals surface area contributed by atoms with Crippen molar-refractivity contribution in [1.82, 2.24) is 0 Å². The quantitative estimate of drug-likeness (QED) is 0.0551. The van der Waals surface area contributed by atoms with Crippen molar-refractivity contribution < 1.29 is 322 Å². The Kier molecular flexibility index (Phi) is 19.8. The fourth-order valence-corrected chi connectivity index (χ4v) is 19.0. The van der Waals surface area contributed by atoms with Crippen LogP contribution in [-0.2, 0) is 37.9 Å². The average molecular weight is 2050 g/mol. The molecule has 4 N–H and O–H groups in total. The van der Waals surface area contributed by atoms with Gasteiger partial charge in [0.2, 0.25) is 0 Å². The highest BCUT2D eigenvalue weighted by Gasteiger charge is 3.29. The van der Waals surface area contributed by atoms with Gasteiger partial charge in [-0.25, -0.2) is 87.8 Å². The molecule has 752 valence electrons. The number of aliphatic hydroxyl groups is 4. The lowest BCUT2D eigenvalue weighted by atomic mass is 9.40. The molecule has 12 nitrogen and oxygen atoms in total. The lowest BCUT2D eigenvalue weighted by Gasteiger charge is -2.74. The minimum absolute atomic E-state index is 2.81. The van der Waals surface area contributed by atoms with Gasteiger partial charge in [0.05, 0.1) is 84.7 Å². The van der Waals surface area contributed by atoms with E-state index in [1.807, 2.05) is 0 Å². The third-order valence-corrected chi connectivity index (χ3v) is 25.6. The molecule has 0 amide bonds. The van der Waals surface area contributed by atoms with Gasteiger partial charge in [-0.3, -0.25) is 0 Å². The third kappa shape index (κ3) is 7.90. The van der Waals surface area contributed by atoms with Crippen LogP contribution in [0.1, 0.15) is 0 Å². The molecule has 129 heavy (non-hydrogen) atoms. The first-order valence-corrected chi connectivity index (χ1v) is 33.3. The monoisotopic (exact) mass is 2050 g/mol. The van der Waals surface area contributed by atoms with Gasteiger partial charge in [-0.1, -0.05) is 0 Å². The normalized spacial score (nSPS) is 50.4. The lowest BCUT2D eigenvalue weighted by Crippen LogP contribution is -3.09. The molecule has 16 aliphatic carbocycles. The first-order valence-electron chi connectivity index (χ1n) is 33.3. The van der Waals surface area contributed by atoms with Crippen LogP contribution in [0.25, 0.3) is 0 Å². The van der Waals surface area contributed by atoms with Gasteiger partial charge < -0.3 is 58.3 Å². The van der Waals surface area contributed by atoms with E-state index in [0.29, 0.717) is 0 Å². The van der Waals surface area contributed by atoms with Crippen molar-refractivity contribution >= 4 is 0 Å². The molecule has 16 fully saturated rings. The Morgan fingerprint density at radius 1 is 0.140 bits per heavy atom. The van der Waals surface area contributed by atoms with Gasteiger partial charge in [0.1, 0.15) is 24.4 Å². The molecular weight excluding hydrogens is 2020 g/mol. The second-order valence-corrected chi connectivity index (χ2v) is 31.8. The third-order valence-electron chi connectivity index (χ3n) is 25.6. The second-order valence-electron chi connectivity index (χ2n) is 31.8. The first-order chi connectivity index (χ1) is 56.4. The number of alkyl halides is 60. The summed E-state index contributed by atoms with van der Waals surface area (Å²) in [6.45, 7) is -37.4. The Bertz CT molecular complexity index is 3670. The van der Waals surface area contributed by atoms with Crippen LogP contribution in [0.2, 0.25) is 0 Å². The minimum atomic E-state index is -8.69. The van der Waals surface area contributed by atoms with Crippen LogP contribution in [0.3, 0.4) is 0 Å². The van der Waals surface area contributed by atoms with Gasteiger partial charge in [-0.15, -0.1) is 0 Å². The van der Waals surface area contributed by atoms with Crippen molar-refractivity contribution in [3.05, 3.63) is 0 Å². The number of hydrogen-bond acceptors (Lipinski definition) is 12. The highest BCUT2D eigenvalue weighted by molar-refractivity contribution is 5.59. The van der Waals surface area contributed by atoms with E-state index in [1.165, 1.54) is 0 Å². The standard InChI is InChI=1S/C57H32F60O12/c58-18-34(74,75)19(59)40(86,87)26(66,38(18,82)83)54(114,27(67,39(18,84)85)41(19,88)89)126-5-13(118)1-122-9-17(10-123-2-14(119)6-127-55(115)28(68)42(90,91)20(60)35(76,77)21(61,44(28,94)95)45(96,97)29(55,69)43(20,92)93,11-124-3-15(120)7-128-56(116)30(70)46(98,99)22(62)36(78,79)23(63,48(30,102)103)49(104,105)31(56,71)47(22,100)101)12-125-4-16(121)8-129-57(117)32(72)50(106,107)24(64)37(80,81)25(65,52(32,110)111)53(112,113)33(57,73)51(24,108)109/h13-16,118-121H,1-12H2. The van der Waals surface area contributed by atoms with E-state index in [2.05, 4.69) is 37.9 Å². The van der Waals surface area contributed by atoms with Crippen LogP contribution in [0.5, 0.6) is 0 Å². The maximum Gasteiger partial charge on any atom is 0.339 e. The molecule has 0 aromatic rings. The average Bonchev–Trinajstić information content (AvgIpc) is 0.603. The zero-order valence-electron chi connectivity index (χ0n) is 59.0. The summed E-state index contributed by atoms with van der Waals surface area (Å²) < 4.78 is 966. The first kappa shape index (κ1) is 103. The molecule has 16 aliphatic rings. The highest BCUT2D eigenvalue weighted by Crippen LogP contribution is 2.95. The zero-order valence-corrected chi connectivity index (χ0v) is 59.0. The Morgan fingerprint density at radius 3 is 0.318 bits per heavy atom. The molecule has 0 heterocycles. The molecule has 16 bridgehead atoms. The van der Waals surface area contributed by atoms with Crippen molar-refractivity contribution in [2.24, 2.45) is 5.41 Å². The molecule has 0 spiro atoms. The van der Waals surface area contributed by atoms with Crippen molar-refractivity contribution in [3.8, 4) is 0 Å². The number of aliphatic hydroxyl groups excluding tert-OH is 4. The summed E-state index contributed by atoms with van der Waals surface area (Å²) in [5, 5.41) is 42.1. The molecule has 0 aromatic carbocycles. The van der Waals surface area contributed by atoms with Crippen molar-refractivity contribution in [2.45, 2.75) is 257 Å². The van der Waals surface area contributed by atoms with Crippen LogP contribution >= 0.6 is 0 Å². The van der Waals surface area contributed by atoms with E-state index in [0.717, 1.165) is 0 Å². The van der Waals surface area contributed by atoms with Gasteiger partial charge in [0.15, 0.2) is 0 Å². The summed E-state index contributed by atoms with van der Waals surface area (Å²) in [7, 11) is 0. The maximum atomic E-state index is 16.7.